The zero-order valence-corrected chi connectivity index (χ0v) is 14.7. The molecule has 0 radical (unpaired) electrons. The number of urea groups is 1. The number of aromatic nitrogens is 2. The molecule has 2 amide bonds. The normalized spacial score (nSPS) is 12.7. The molecule has 3 N–H and O–H groups in total. The van der Waals surface area contributed by atoms with Crippen LogP contribution in [0.1, 0.15) is 16.8 Å². The van der Waals surface area contributed by atoms with Gasteiger partial charge >= 0.3 is 6.03 Å². The molecule has 2 heterocycles. The molecule has 6 nitrogen and oxygen atoms in total. The van der Waals surface area contributed by atoms with Gasteiger partial charge in [0.15, 0.2) is 0 Å². The van der Waals surface area contributed by atoms with Gasteiger partial charge in [0.25, 0.3) is 0 Å². The van der Waals surface area contributed by atoms with Crippen LogP contribution in [0.25, 0.3) is 0 Å². The van der Waals surface area contributed by atoms with Crippen LogP contribution in [0.15, 0.2) is 55.0 Å². The van der Waals surface area contributed by atoms with Gasteiger partial charge < -0.3 is 20.5 Å². The highest BCUT2D eigenvalue weighted by molar-refractivity contribution is 5.90. The second-order valence-corrected chi connectivity index (χ2v) is 6.51. The summed E-state index contributed by atoms with van der Waals surface area (Å²) in [6.45, 7) is 1.92. The predicted molar refractivity (Wildman–Crippen MR) is 102 cm³/mol. The molecule has 0 saturated carbocycles. The molecule has 0 saturated heterocycles. The molecule has 1 aliphatic rings. The Bertz CT molecular complexity index is 941. The van der Waals surface area contributed by atoms with E-state index >= 15 is 0 Å². The van der Waals surface area contributed by atoms with E-state index in [1.165, 1.54) is 17.7 Å². The molecular weight excluding hydrogens is 345 g/mol. The summed E-state index contributed by atoms with van der Waals surface area (Å²) < 4.78 is 13.2. The van der Waals surface area contributed by atoms with Gasteiger partial charge in [-0.3, -0.25) is 0 Å². The first kappa shape index (κ1) is 17.1. The fourth-order valence-electron chi connectivity index (χ4n) is 3.26. The number of H-pyrrole nitrogens is 1. The number of hydrogen-bond acceptors (Lipinski definition) is 3. The lowest BCUT2D eigenvalue weighted by molar-refractivity contribution is 0.251. The summed E-state index contributed by atoms with van der Waals surface area (Å²) in [5.74, 6) is -0.315. The zero-order valence-electron chi connectivity index (χ0n) is 14.7. The SMILES string of the molecule is O=C(NCc1cccc(F)c1)Nc1ccc2c(c1)N(Cc1c[nH]cn1)CC2. The monoisotopic (exact) mass is 365 g/mol. The van der Waals surface area contributed by atoms with Crippen LogP contribution >= 0.6 is 0 Å². The molecule has 7 heteroatoms. The average molecular weight is 365 g/mol. The Hall–Kier alpha value is -3.35. The molecule has 0 atom stereocenters. The highest BCUT2D eigenvalue weighted by Crippen LogP contribution is 2.31. The molecule has 27 heavy (non-hydrogen) atoms. The number of nitrogens with zero attached hydrogens (tertiary/aromatic N) is 2. The van der Waals surface area contributed by atoms with Gasteiger partial charge in [-0.05, 0) is 41.8 Å². The van der Waals surface area contributed by atoms with Crippen LogP contribution in [0, 0.1) is 5.82 Å². The van der Waals surface area contributed by atoms with Crippen molar-refractivity contribution < 1.29 is 9.18 Å². The summed E-state index contributed by atoms with van der Waals surface area (Å²) in [4.78, 5) is 21.7. The summed E-state index contributed by atoms with van der Waals surface area (Å²) >= 11 is 0. The fourth-order valence-corrected chi connectivity index (χ4v) is 3.26. The lowest BCUT2D eigenvalue weighted by Gasteiger charge is -2.19. The molecule has 138 valence electrons. The number of halogens is 1. The maximum absolute atomic E-state index is 13.2. The third kappa shape index (κ3) is 4.08. The first-order valence-electron chi connectivity index (χ1n) is 8.82. The molecule has 2 aromatic carbocycles. The summed E-state index contributed by atoms with van der Waals surface area (Å²) in [6, 6.07) is 11.8. The van der Waals surface area contributed by atoms with Gasteiger partial charge in [0, 0.05) is 30.7 Å². The van der Waals surface area contributed by atoms with Crippen molar-refractivity contribution in [3.8, 4) is 0 Å². The molecular formula is C20H20FN5O. The van der Waals surface area contributed by atoms with Gasteiger partial charge in [-0.25, -0.2) is 14.2 Å². The van der Waals surface area contributed by atoms with E-state index in [-0.39, 0.29) is 18.4 Å². The molecule has 0 bridgehead atoms. The Labute approximate surface area is 156 Å². The lowest BCUT2D eigenvalue weighted by atomic mass is 10.1. The number of carbonyl (C=O) groups is 1. The Balaban J connectivity index is 1.39. The van der Waals surface area contributed by atoms with E-state index in [1.54, 1.807) is 18.5 Å². The topological polar surface area (TPSA) is 73.1 Å². The number of carbonyl (C=O) groups excluding carboxylic acids is 1. The standard InChI is InChI=1S/C20H20FN5O/c21-16-3-1-2-14(8-16)10-23-20(27)25-17-5-4-15-6-7-26(19(15)9-17)12-18-11-22-13-24-18/h1-5,8-9,11,13H,6-7,10,12H2,(H,22,24)(H2,23,25,27). The lowest BCUT2D eigenvalue weighted by Crippen LogP contribution is -2.28. The van der Waals surface area contributed by atoms with E-state index in [0.29, 0.717) is 5.56 Å². The van der Waals surface area contributed by atoms with E-state index in [9.17, 15) is 9.18 Å². The highest BCUT2D eigenvalue weighted by atomic mass is 19.1. The van der Waals surface area contributed by atoms with E-state index in [2.05, 4.69) is 25.5 Å². The van der Waals surface area contributed by atoms with Crippen molar-refractivity contribution in [3.05, 3.63) is 77.6 Å². The number of amides is 2. The third-order valence-electron chi connectivity index (χ3n) is 4.58. The number of rotatable bonds is 5. The van der Waals surface area contributed by atoms with Gasteiger partial charge in [-0.15, -0.1) is 0 Å². The van der Waals surface area contributed by atoms with Gasteiger partial charge in [0.05, 0.1) is 18.6 Å². The Morgan fingerprint density at radius 3 is 3.00 bits per heavy atom. The van der Waals surface area contributed by atoms with E-state index in [4.69, 9.17) is 0 Å². The van der Waals surface area contributed by atoms with Crippen molar-refractivity contribution in [1.82, 2.24) is 15.3 Å². The van der Waals surface area contributed by atoms with Crippen LogP contribution in [-0.2, 0) is 19.5 Å². The van der Waals surface area contributed by atoms with Crippen molar-refractivity contribution in [2.75, 3.05) is 16.8 Å². The second kappa shape index (κ2) is 7.49. The number of anilines is 2. The molecule has 4 rings (SSSR count). The first-order chi connectivity index (χ1) is 13.2. The van der Waals surface area contributed by atoms with Crippen molar-refractivity contribution >= 4 is 17.4 Å². The fraction of sp³-hybridized carbons (Fsp3) is 0.200. The van der Waals surface area contributed by atoms with Crippen molar-refractivity contribution in [3.63, 3.8) is 0 Å². The van der Waals surface area contributed by atoms with Crippen molar-refractivity contribution in [1.29, 1.82) is 0 Å². The molecule has 0 fully saturated rings. The van der Waals surface area contributed by atoms with Crippen LogP contribution in [0.4, 0.5) is 20.6 Å². The van der Waals surface area contributed by atoms with Crippen LogP contribution < -0.4 is 15.5 Å². The number of nitrogens with one attached hydrogen (secondary N) is 3. The Kier molecular flexibility index (Phi) is 4.74. The quantitative estimate of drug-likeness (QED) is 0.649. The molecule has 3 aromatic rings. The third-order valence-corrected chi connectivity index (χ3v) is 4.58. The summed E-state index contributed by atoms with van der Waals surface area (Å²) in [5, 5.41) is 5.59. The molecule has 0 unspecified atom stereocenters. The van der Waals surface area contributed by atoms with Crippen LogP contribution in [0.5, 0.6) is 0 Å². The minimum Gasteiger partial charge on any atom is -0.365 e. The van der Waals surface area contributed by atoms with E-state index in [1.807, 2.05) is 24.4 Å². The number of aromatic amines is 1. The summed E-state index contributed by atoms with van der Waals surface area (Å²) in [6.07, 6.45) is 4.54. The zero-order chi connectivity index (χ0) is 18.6. The van der Waals surface area contributed by atoms with Gasteiger partial charge in [-0.1, -0.05) is 18.2 Å². The molecule has 1 aliphatic heterocycles. The van der Waals surface area contributed by atoms with E-state index < -0.39 is 0 Å². The van der Waals surface area contributed by atoms with Crippen LogP contribution in [0.2, 0.25) is 0 Å². The average Bonchev–Trinajstić information content (AvgIpc) is 3.31. The van der Waals surface area contributed by atoms with Crippen molar-refractivity contribution in [2.24, 2.45) is 0 Å². The Morgan fingerprint density at radius 2 is 2.19 bits per heavy atom. The second-order valence-electron chi connectivity index (χ2n) is 6.51. The number of benzene rings is 2. The van der Waals surface area contributed by atoms with E-state index in [0.717, 1.165) is 36.6 Å². The Morgan fingerprint density at radius 1 is 1.26 bits per heavy atom. The number of imidazole rings is 1. The first-order valence-corrected chi connectivity index (χ1v) is 8.82. The van der Waals surface area contributed by atoms with Gasteiger partial charge in [0.2, 0.25) is 0 Å². The maximum atomic E-state index is 13.2. The summed E-state index contributed by atoms with van der Waals surface area (Å²) in [7, 11) is 0. The largest absolute Gasteiger partial charge is 0.365 e. The van der Waals surface area contributed by atoms with Crippen LogP contribution in [0.3, 0.4) is 0 Å². The minimum absolute atomic E-state index is 0.264. The predicted octanol–water partition coefficient (Wildman–Crippen LogP) is 3.43. The highest BCUT2D eigenvalue weighted by Gasteiger charge is 2.20. The van der Waals surface area contributed by atoms with Gasteiger partial charge in [0.1, 0.15) is 5.82 Å². The number of fused-ring (bicyclic) bond motifs is 1. The molecule has 0 aliphatic carbocycles. The van der Waals surface area contributed by atoms with Crippen LogP contribution in [-0.4, -0.2) is 22.5 Å². The van der Waals surface area contributed by atoms with Gasteiger partial charge in [-0.2, -0.15) is 0 Å². The molecule has 1 aromatic heterocycles. The smallest absolute Gasteiger partial charge is 0.319 e. The summed E-state index contributed by atoms with van der Waals surface area (Å²) in [5.41, 5.74) is 4.79. The van der Waals surface area contributed by atoms with Crippen molar-refractivity contribution in [2.45, 2.75) is 19.5 Å². The number of hydrogen-bond donors (Lipinski definition) is 3. The minimum atomic E-state index is -0.323. The maximum Gasteiger partial charge on any atom is 0.319 e. The molecule has 0 spiro atoms.